The fourth-order valence-electron chi connectivity index (χ4n) is 1.84. The maximum absolute atomic E-state index is 6.02. The van der Waals surface area contributed by atoms with E-state index in [1.165, 1.54) is 0 Å². The standard InChI is InChI=1S/C15H15Br2NO2S/c1-19-13-7-11(17)14(20-2)5-9(13)8-21-15-4-3-10(16)6-12(15)18/h3-7H,8,18H2,1-2H3. The molecule has 0 amide bonds. The van der Waals surface area contributed by atoms with Gasteiger partial charge in [-0.3, -0.25) is 0 Å². The lowest BCUT2D eigenvalue weighted by atomic mass is 10.2. The molecule has 0 aliphatic rings. The van der Waals surface area contributed by atoms with Crippen LogP contribution in [0, 0.1) is 0 Å². The van der Waals surface area contributed by atoms with E-state index in [1.54, 1.807) is 26.0 Å². The number of hydrogen-bond donors (Lipinski definition) is 1. The molecule has 0 atom stereocenters. The molecule has 6 heteroatoms. The van der Waals surface area contributed by atoms with E-state index in [9.17, 15) is 0 Å². The van der Waals surface area contributed by atoms with Gasteiger partial charge in [0, 0.05) is 26.4 Å². The Bertz CT molecular complexity index is 650. The highest BCUT2D eigenvalue weighted by Gasteiger charge is 2.11. The highest BCUT2D eigenvalue weighted by atomic mass is 79.9. The average molecular weight is 433 g/mol. The Morgan fingerprint density at radius 1 is 1.05 bits per heavy atom. The monoisotopic (exact) mass is 431 g/mol. The van der Waals surface area contributed by atoms with Gasteiger partial charge in [0.15, 0.2) is 0 Å². The van der Waals surface area contributed by atoms with E-state index in [0.29, 0.717) is 0 Å². The fourth-order valence-corrected chi connectivity index (χ4v) is 3.63. The molecule has 112 valence electrons. The topological polar surface area (TPSA) is 44.5 Å². The largest absolute Gasteiger partial charge is 0.496 e. The van der Waals surface area contributed by atoms with Crippen LogP contribution in [-0.4, -0.2) is 14.2 Å². The van der Waals surface area contributed by atoms with Gasteiger partial charge in [-0.15, -0.1) is 11.8 Å². The second-order valence-corrected chi connectivity index (χ2v) is 7.06. The molecule has 2 aromatic carbocycles. The second-order valence-electron chi connectivity index (χ2n) is 4.27. The van der Waals surface area contributed by atoms with Crippen molar-refractivity contribution in [1.82, 2.24) is 0 Å². The Morgan fingerprint density at radius 3 is 2.38 bits per heavy atom. The van der Waals surface area contributed by atoms with Crippen LogP contribution in [0.25, 0.3) is 0 Å². The summed E-state index contributed by atoms with van der Waals surface area (Å²) < 4.78 is 12.6. The van der Waals surface area contributed by atoms with Gasteiger partial charge in [-0.2, -0.15) is 0 Å². The summed E-state index contributed by atoms with van der Waals surface area (Å²) in [6.45, 7) is 0. The summed E-state index contributed by atoms with van der Waals surface area (Å²) in [6, 6.07) is 9.79. The van der Waals surface area contributed by atoms with Crippen molar-refractivity contribution in [3.8, 4) is 11.5 Å². The van der Waals surface area contributed by atoms with Gasteiger partial charge in [0.2, 0.25) is 0 Å². The molecule has 3 nitrogen and oxygen atoms in total. The van der Waals surface area contributed by atoms with Crippen molar-refractivity contribution in [3.63, 3.8) is 0 Å². The van der Waals surface area contributed by atoms with Gasteiger partial charge in [0.1, 0.15) is 11.5 Å². The molecule has 0 aliphatic heterocycles. The zero-order valence-electron chi connectivity index (χ0n) is 11.7. The molecule has 0 bridgehead atoms. The zero-order chi connectivity index (χ0) is 15.4. The molecule has 21 heavy (non-hydrogen) atoms. The molecule has 2 aromatic rings. The predicted molar refractivity (Wildman–Crippen MR) is 95.4 cm³/mol. The Kier molecular flexibility index (Phi) is 5.84. The van der Waals surface area contributed by atoms with E-state index < -0.39 is 0 Å². The lowest BCUT2D eigenvalue weighted by Gasteiger charge is -2.13. The molecular formula is C15H15Br2NO2S. The van der Waals surface area contributed by atoms with Crippen LogP contribution in [0.15, 0.2) is 44.2 Å². The number of methoxy groups -OCH3 is 2. The van der Waals surface area contributed by atoms with E-state index in [0.717, 1.165) is 42.3 Å². The van der Waals surface area contributed by atoms with E-state index in [2.05, 4.69) is 31.9 Å². The highest BCUT2D eigenvalue weighted by molar-refractivity contribution is 9.10. The first-order chi connectivity index (χ1) is 10.0. The minimum absolute atomic E-state index is 0.749. The number of anilines is 1. The van der Waals surface area contributed by atoms with E-state index in [4.69, 9.17) is 15.2 Å². The molecule has 0 saturated heterocycles. The van der Waals surface area contributed by atoms with Crippen LogP contribution in [0.4, 0.5) is 5.69 Å². The average Bonchev–Trinajstić information content (AvgIpc) is 2.47. The molecule has 0 aliphatic carbocycles. The number of hydrogen-bond acceptors (Lipinski definition) is 4. The number of nitrogens with two attached hydrogens (primary N) is 1. The zero-order valence-corrected chi connectivity index (χ0v) is 15.6. The van der Waals surface area contributed by atoms with Crippen LogP contribution < -0.4 is 15.2 Å². The third kappa shape index (κ3) is 4.08. The molecule has 2 rings (SSSR count). The Labute approximate surface area is 145 Å². The molecule has 0 aromatic heterocycles. The smallest absolute Gasteiger partial charge is 0.133 e. The minimum Gasteiger partial charge on any atom is -0.496 e. The first kappa shape index (κ1) is 16.5. The fraction of sp³-hybridized carbons (Fsp3) is 0.200. The predicted octanol–water partition coefficient (Wildman–Crippen LogP) is 5.10. The van der Waals surface area contributed by atoms with Crippen molar-refractivity contribution in [2.45, 2.75) is 10.6 Å². The van der Waals surface area contributed by atoms with Crippen LogP contribution >= 0.6 is 43.6 Å². The highest BCUT2D eigenvalue weighted by Crippen LogP contribution is 2.37. The maximum atomic E-state index is 6.02. The minimum atomic E-state index is 0.749. The van der Waals surface area contributed by atoms with Crippen LogP contribution in [-0.2, 0) is 5.75 Å². The molecule has 2 N–H and O–H groups in total. The Balaban J connectivity index is 2.22. The first-order valence-corrected chi connectivity index (χ1v) is 8.70. The number of thioether (sulfide) groups is 1. The number of halogens is 2. The number of benzene rings is 2. The van der Waals surface area contributed by atoms with Crippen molar-refractivity contribution >= 4 is 49.3 Å². The van der Waals surface area contributed by atoms with E-state index in [-0.39, 0.29) is 0 Å². The van der Waals surface area contributed by atoms with Crippen LogP contribution in [0.1, 0.15) is 5.56 Å². The number of ether oxygens (including phenoxy) is 2. The number of nitrogen functional groups attached to an aromatic ring is 1. The molecule has 0 heterocycles. The van der Waals surface area contributed by atoms with Crippen molar-refractivity contribution in [2.75, 3.05) is 20.0 Å². The molecule has 0 saturated carbocycles. The van der Waals surface area contributed by atoms with Gasteiger partial charge in [-0.05, 0) is 46.3 Å². The van der Waals surface area contributed by atoms with Crippen molar-refractivity contribution in [1.29, 1.82) is 0 Å². The van der Waals surface area contributed by atoms with E-state index >= 15 is 0 Å². The molecule has 0 fully saturated rings. The van der Waals surface area contributed by atoms with Crippen LogP contribution in [0.5, 0.6) is 11.5 Å². The van der Waals surface area contributed by atoms with Gasteiger partial charge < -0.3 is 15.2 Å². The summed E-state index contributed by atoms with van der Waals surface area (Å²) in [5.41, 5.74) is 7.84. The van der Waals surface area contributed by atoms with Gasteiger partial charge in [0.05, 0.1) is 18.7 Å². The van der Waals surface area contributed by atoms with Crippen molar-refractivity contribution in [2.24, 2.45) is 0 Å². The maximum Gasteiger partial charge on any atom is 0.133 e. The van der Waals surface area contributed by atoms with Gasteiger partial charge in [0.25, 0.3) is 0 Å². The Hall–Kier alpha value is -0.850. The molecule has 0 unspecified atom stereocenters. The summed E-state index contributed by atoms with van der Waals surface area (Å²) >= 11 is 8.54. The van der Waals surface area contributed by atoms with Crippen LogP contribution in [0.3, 0.4) is 0 Å². The summed E-state index contributed by atoms with van der Waals surface area (Å²) in [5.74, 6) is 2.36. The van der Waals surface area contributed by atoms with Gasteiger partial charge in [-0.25, -0.2) is 0 Å². The van der Waals surface area contributed by atoms with Crippen molar-refractivity contribution < 1.29 is 9.47 Å². The summed E-state index contributed by atoms with van der Waals surface area (Å²) in [4.78, 5) is 1.04. The Morgan fingerprint density at radius 2 is 1.76 bits per heavy atom. The van der Waals surface area contributed by atoms with Gasteiger partial charge >= 0.3 is 0 Å². The number of rotatable bonds is 5. The summed E-state index contributed by atoms with van der Waals surface area (Å²) in [6.07, 6.45) is 0. The SMILES string of the molecule is COc1cc(CSc2ccc(Br)cc2N)c(OC)cc1Br. The molecular weight excluding hydrogens is 418 g/mol. The quantitative estimate of drug-likeness (QED) is 0.527. The molecule has 0 radical (unpaired) electrons. The summed E-state index contributed by atoms with van der Waals surface area (Å²) in [5, 5.41) is 0. The third-order valence-corrected chi connectivity index (χ3v) is 5.16. The van der Waals surface area contributed by atoms with Gasteiger partial charge in [-0.1, -0.05) is 15.9 Å². The molecule has 0 spiro atoms. The normalized spacial score (nSPS) is 10.5. The van der Waals surface area contributed by atoms with E-state index in [1.807, 2.05) is 30.3 Å². The lowest BCUT2D eigenvalue weighted by Crippen LogP contribution is -1.94. The van der Waals surface area contributed by atoms with Crippen molar-refractivity contribution in [3.05, 3.63) is 44.8 Å². The summed E-state index contributed by atoms with van der Waals surface area (Å²) in [7, 11) is 3.31. The van der Waals surface area contributed by atoms with Crippen LogP contribution in [0.2, 0.25) is 0 Å². The second kappa shape index (κ2) is 7.42. The third-order valence-electron chi connectivity index (χ3n) is 2.91. The lowest BCUT2D eigenvalue weighted by molar-refractivity contribution is 0.398. The first-order valence-electron chi connectivity index (χ1n) is 6.13.